The lowest BCUT2D eigenvalue weighted by Crippen LogP contribution is -2.22. The van der Waals surface area contributed by atoms with Gasteiger partial charge in [-0.15, -0.1) is 0 Å². The average molecular weight is 234 g/mol. The molecule has 0 aliphatic rings. The summed E-state index contributed by atoms with van der Waals surface area (Å²) in [6.45, 7) is 0.284. The van der Waals surface area contributed by atoms with Gasteiger partial charge < -0.3 is 4.74 Å². The third-order valence-electron chi connectivity index (χ3n) is 2.29. The summed E-state index contributed by atoms with van der Waals surface area (Å²) >= 11 is 0. The molecular formula is C12H11FN2O2. The fourth-order valence-electron chi connectivity index (χ4n) is 1.36. The maximum atomic E-state index is 12.9. The second kappa shape index (κ2) is 4.78. The molecule has 0 aliphatic heterocycles. The summed E-state index contributed by atoms with van der Waals surface area (Å²) in [5.41, 5.74) is 0.203. The van der Waals surface area contributed by atoms with Crippen LogP contribution in [0.1, 0.15) is 5.56 Å². The summed E-state index contributed by atoms with van der Waals surface area (Å²) in [7, 11) is 1.42. The molecule has 0 radical (unpaired) electrons. The molecule has 5 heteroatoms. The van der Waals surface area contributed by atoms with Crippen LogP contribution in [0.2, 0.25) is 0 Å². The fraction of sp³-hybridized carbons (Fsp3) is 0.167. The lowest BCUT2D eigenvalue weighted by molar-refractivity contribution is 0.263. The molecule has 2 rings (SSSR count). The van der Waals surface area contributed by atoms with Crippen LogP contribution in [0.3, 0.4) is 0 Å². The van der Waals surface area contributed by atoms with Crippen LogP contribution in [0.4, 0.5) is 4.39 Å². The van der Waals surface area contributed by atoms with Gasteiger partial charge in [0.05, 0.1) is 6.20 Å². The van der Waals surface area contributed by atoms with Crippen LogP contribution in [0.15, 0.2) is 41.3 Å². The number of rotatable bonds is 3. The monoisotopic (exact) mass is 234 g/mol. The zero-order chi connectivity index (χ0) is 12.3. The minimum absolute atomic E-state index is 0.0975. The molecule has 0 N–H and O–H groups in total. The van der Waals surface area contributed by atoms with Crippen molar-refractivity contribution in [2.24, 2.45) is 7.05 Å². The van der Waals surface area contributed by atoms with Gasteiger partial charge in [0, 0.05) is 7.05 Å². The molecule has 0 bridgehead atoms. The lowest BCUT2D eigenvalue weighted by Gasteiger charge is -2.08. The maximum Gasteiger partial charge on any atom is 0.299 e. The Morgan fingerprint density at radius 2 is 2.06 bits per heavy atom. The number of hydrogen-bond donors (Lipinski definition) is 0. The Balaban J connectivity index is 2.15. The Labute approximate surface area is 97.3 Å². The van der Waals surface area contributed by atoms with E-state index in [0.29, 0.717) is 0 Å². The van der Waals surface area contributed by atoms with E-state index in [0.717, 1.165) is 16.3 Å². The van der Waals surface area contributed by atoms with Gasteiger partial charge in [0.25, 0.3) is 11.6 Å². The van der Waals surface area contributed by atoms with Crippen molar-refractivity contribution in [1.29, 1.82) is 0 Å². The standard InChI is InChI=1S/C12H11FN2O2/c1-15-11(16)10(13)7-14-12(15)17-8-9-5-3-2-4-6-9/h2-7H,8H2,1H3. The van der Waals surface area contributed by atoms with E-state index < -0.39 is 11.4 Å². The number of halogens is 1. The first-order chi connectivity index (χ1) is 8.18. The van der Waals surface area contributed by atoms with E-state index in [4.69, 9.17) is 4.74 Å². The minimum Gasteiger partial charge on any atom is -0.460 e. The number of hydrogen-bond acceptors (Lipinski definition) is 3. The van der Waals surface area contributed by atoms with Gasteiger partial charge >= 0.3 is 0 Å². The molecule has 0 saturated carbocycles. The van der Waals surface area contributed by atoms with E-state index in [2.05, 4.69) is 4.98 Å². The summed E-state index contributed by atoms with van der Waals surface area (Å²) in [5.74, 6) is -0.889. The molecule has 0 fully saturated rings. The smallest absolute Gasteiger partial charge is 0.299 e. The Morgan fingerprint density at radius 3 is 2.76 bits per heavy atom. The molecule has 17 heavy (non-hydrogen) atoms. The predicted molar refractivity (Wildman–Crippen MR) is 60.2 cm³/mol. The van der Waals surface area contributed by atoms with Gasteiger partial charge in [-0.3, -0.25) is 9.36 Å². The van der Waals surface area contributed by atoms with E-state index >= 15 is 0 Å². The second-order valence-corrected chi connectivity index (χ2v) is 3.53. The van der Waals surface area contributed by atoms with E-state index in [1.807, 2.05) is 30.3 Å². The van der Waals surface area contributed by atoms with E-state index in [9.17, 15) is 9.18 Å². The zero-order valence-electron chi connectivity index (χ0n) is 9.26. The Hall–Kier alpha value is -2.17. The molecule has 0 atom stereocenters. The SMILES string of the molecule is Cn1c(OCc2ccccc2)ncc(F)c1=O. The normalized spacial score (nSPS) is 10.2. The predicted octanol–water partition coefficient (Wildman–Crippen LogP) is 1.50. The second-order valence-electron chi connectivity index (χ2n) is 3.53. The van der Waals surface area contributed by atoms with Gasteiger partial charge in [-0.2, -0.15) is 4.39 Å². The molecule has 0 spiro atoms. The highest BCUT2D eigenvalue weighted by atomic mass is 19.1. The van der Waals surface area contributed by atoms with Crippen molar-refractivity contribution in [3.63, 3.8) is 0 Å². The van der Waals surface area contributed by atoms with Crippen molar-refractivity contribution in [2.45, 2.75) is 6.61 Å². The van der Waals surface area contributed by atoms with Crippen LogP contribution in [0.5, 0.6) is 6.01 Å². The maximum absolute atomic E-state index is 12.9. The van der Waals surface area contributed by atoms with Crippen LogP contribution in [-0.4, -0.2) is 9.55 Å². The van der Waals surface area contributed by atoms with Crippen LogP contribution >= 0.6 is 0 Å². The van der Waals surface area contributed by atoms with E-state index in [1.165, 1.54) is 7.05 Å². The molecule has 0 unspecified atom stereocenters. The molecule has 88 valence electrons. The Morgan fingerprint density at radius 1 is 1.35 bits per heavy atom. The molecule has 2 aromatic rings. The largest absolute Gasteiger partial charge is 0.460 e. The number of nitrogens with zero attached hydrogens (tertiary/aromatic N) is 2. The third-order valence-corrected chi connectivity index (χ3v) is 2.29. The van der Waals surface area contributed by atoms with Gasteiger partial charge in [0.2, 0.25) is 5.82 Å². The molecular weight excluding hydrogens is 223 g/mol. The van der Waals surface area contributed by atoms with Gasteiger partial charge in [0.1, 0.15) is 6.61 Å². The summed E-state index contributed by atoms with van der Waals surface area (Å²) in [6, 6.07) is 9.55. The highest BCUT2D eigenvalue weighted by Gasteiger charge is 2.07. The molecule has 0 saturated heterocycles. The van der Waals surface area contributed by atoms with Gasteiger partial charge in [-0.05, 0) is 5.56 Å². The van der Waals surface area contributed by atoms with Crippen LogP contribution in [0, 0.1) is 5.82 Å². The molecule has 0 aliphatic carbocycles. The Kier molecular flexibility index (Phi) is 3.18. The van der Waals surface area contributed by atoms with Crippen molar-refractivity contribution in [2.75, 3.05) is 0 Å². The van der Waals surface area contributed by atoms with Gasteiger partial charge in [0.15, 0.2) is 0 Å². The van der Waals surface area contributed by atoms with Crippen LogP contribution in [-0.2, 0) is 13.7 Å². The molecule has 1 heterocycles. The zero-order valence-corrected chi connectivity index (χ0v) is 9.26. The topological polar surface area (TPSA) is 44.1 Å². The molecule has 0 amide bonds. The first kappa shape index (κ1) is 11.3. The van der Waals surface area contributed by atoms with Crippen molar-refractivity contribution in [3.05, 3.63) is 58.3 Å². The summed E-state index contributed by atoms with van der Waals surface area (Å²) in [4.78, 5) is 15.0. The number of benzene rings is 1. The number of ether oxygens (including phenoxy) is 1. The average Bonchev–Trinajstić information content (AvgIpc) is 2.36. The van der Waals surface area contributed by atoms with E-state index in [-0.39, 0.29) is 12.6 Å². The summed E-state index contributed by atoms with van der Waals surface area (Å²) < 4.78 is 19.3. The number of aromatic nitrogens is 2. The molecule has 1 aromatic heterocycles. The lowest BCUT2D eigenvalue weighted by atomic mass is 10.2. The van der Waals surface area contributed by atoms with Crippen molar-refractivity contribution in [3.8, 4) is 6.01 Å². The first-order valence-electron chi connectivity index (χ1n) is 5.07. The van der Waals surface area contributed by atoms with Crippen molar-refractivity contribution >= 4 is 0 Å². The summed E-state index contributed by atoms with van der Waals surface area (Å²) in [6.07, 6.45) is 0.864. The molecule has 4 nitrogen and oxygen atoms in total. The third kappa shape index (κ3) is 2.50. The van der Waals surface area contributed by atoms with Crippen molar-refractivity contribution in [1.82, 2.24) is 9.55 Å². The fourth-order valence-corrected chi connectivity index (χ4v) is 1.36. The molecule has 1 aromatic carbocycles. The van der Waals surface area contributed by atoms with Crippen molar-refractivity contribution < 1.29 is 9.13 Å². The Bertz CT molecular complexity index is 566. The van der Waals surface area contributed by atoms with E-state index in [1.54, 1.807) is 0 Å². The highest BCUT2D eigenvalue weighted by Crippen LogP contribution is 2.06. The minimum atomic E-state index is -0.889. The van der Waals surface area contributed by atoms with Gasteiger partial charge in [-0.1, -0.05) is 30.3 Å². The van der Waals surface area contributed by atoms with Crippen LogP contribution < -0.4 is 10.3 Å². The highest BCUT2D eigenvalue weighted by molar-refractivity contribution is 5.14. The quantitative estimate of drug-likeness (QED) is 0.808. The first-order valence-corrected chi connectivity index (χ1v) is 5.07. The summed E-state index contributed by atoms with van der Waals surface area (Å²) in [5, 5.41) is 0. The van der Waals surface area contributed by atoms with Gasteiger partial charge in [-0.25, -0.2) is 4.98 Å². The van der Waals surface area contributed by atoms with Crippen LogP contribution in [0.25, 0.3) is 0 Å².